The molecule has 8 heteroatoms. The maximum Gasteiger partial charge on any atom is 0.246 e. The number of amides is 1. The summed E-state index contributed by atoms with van der Waals surface area (Å²) in [4.78, 5) is 26.1. The van der Waals surface area contributed by atoms with Gasteiger partial charge in [0, 0.05) is 43.2 Å². The summed E-state index contributed by atoms with van der Waals surface area (Å²) < 4.78 is 0. The third kappa shape index (κ3) is 5.14. The molecule has 0 saturated carbocycles. The molecule has 2 aromatic heterocycles. The van der Waals surface area contributed by atoms with E-state index in [0.29, 0.717) is 19.6 Å². The first-order valence-corrected chi connectivity index (χ1v) is 13.0. The third-order valence-electron chi connectivity index (χ3n) is 6.65. The van der Waals surface area contributed by atoms with E-state index >= 15 is 0 Å². The largest absolute Gasteiger partial charge is 0.363 e. The predicted octanol–water partition coefficient (Wildman–Crippen LogP) is 4.30. The molecule has 0 bridgehead atoms. The highest BCUT2D eigenvalue weighted by Gasteiger charge is 2.26. The predicted molar refractivity (Wildman–Crippen MR) is 138 cm³/mol. The van der Waals surface area contributed by atoms with Crippen molar-refractivity contribution in [3.8, 4) is 0 Å². The van der Waals surface area contributed by atoms with Crippen LogP contribution in [-0.2, 0) is 17.8 Å². The second-order valence-corrected chi connectivity index (χ2v) is 10.1. The van der Waals surface area contributed by atoms with E-state index in [1.165, 1.54) is 35.3 Å². The molecule has 1 fully saturated rings. The Morgan fingerprint density at radius 2 is 1.97 bits per heavy atom. The van der Waals surface area contributed by atoms with Gasteiger partial charge in [0.2, 0.25) is 5.91 Å². The number of piperidine rings is 1. The number of thiophene rings is 1. The lowest BCUT2D eigenvalue weighted by Crippen LogP contribution is -2.41. The Bertz CT molecular complexity index is 1150. The molecule has 0 radical (unpaired) electrons. The maximum absolute atomic E-state index is 12.8. The summed E-state index contributed by atoms with van der Waals surface area (Å²) in [5.41, 5.74) is 5.90. The molecule has 2 aliphatic rings. The van der Waals surface area contributed by atoms with E-state index in [0.717, 1.165) is 35.5 Å². The van der Waals surface area contributed by atoms with Crippen LogP contribution in [0.3, 0.4) is 0 Å². The normalized spacial score (nSPS) is 17.7. The van der Waals surface area contributed by atoms with E-state index in [9.17, 15) is 4.79 Å². The number of anilines is 1. The number of carbonyl (C=O) groups excluding carboxylic acids is 1. The summed E-state index contributed by atoms with van der Waals surface area (Å²) in [6, 6.07) is 10.5. The summed E-state index contributed by atoms with van der Waals surface area (Å²) in [7, 11) is 0. The van der Waals surface area contributed by atoms with E-state index < -0.39 is 0 Å². The number of nitrogens with zero attached hydrogens (tertiary/aromatic N) is 4. The molecular formula is C26H32N6OS. The molecule has 178 valence electrons. The van der Waals surface area contributed by atoms with Gasteiger partial charge in [0.05, 0.1) is 11.9 Å². The van der Waals surface area contributed by atoms with Crippen molar-refractivity contribution < 1.29 is 4.79 Å². The van der Waals surface area contributed by atoms with Crippen LogP contribution < -0.4 is 10.7 Å². The van der Waals surface area contributed by atoms with Gasteiger partial charge in [-0.1, -0.05) is 42.8 Å². The van der Waals surface area contributed by atoms with Crippen molar-refractivity contribution in [3.05, 3.63) is 64.8 Å². The first kappa shape index (κ1) is 23.0. The fourth-order valence-electron chi connectivity index (χ4n) is 4.75. The van der Waals surface area contributed by atoms with Crippen LogP contribution >= 0.6 is 11.3 Å². The molecular weight excluding hydrogens is 444 g/mol. The highest BCUT2D eigenvalue weighted by molar-refractivity contribution is 7.19. The van der Waals surface area contributed by atoms with Crippen LogP contribution in [0.4, 0.5) is 5.82 Å². The zero-order valence-corrected chi connectivity index (χ0v) is 20.5. The highest BCUT2D eigenvalue weighted by atomic mass is 32.1. The monoisotopic (exact) mass is 476 g/mol. The van der Waals surface area contributed by atoms with Gasteiger partial charge >= 0.3 is 0 Å². The summed E-state index contributed by atoms with van der Waals surface area (Å²) in [6.07, 6.45) is 9.91. The molecule has 4 heterocycles. The first-order chi connectivity index (χ1) is 16.7. The van der Waals surface area contributed by atoms with Crippen LogP contribution in [0.5, 0.6) is 0 Å². The van der Waals surface area contributed by atoms with Gasteiger partial charge in [-0.2, -0.15) is 0 Å². The smallest absolute Gasteiger partial charge is 0.246 e. The van der Waals surface area contributed by atoms with Crippen molar-refractivity contribution in [2.24, 2.45) is 0 Å². The van der Waals surface area contributed by atoms with Crippen molar-refractivity contribution in [1.29, 1.82) is 0 Å². The number of carbonyl (C=O) groups is 1. The minimum absolute atomic E-state index is 0.0747. The van der Waals surface area contributed by atoms with Gasteiger partial charge in [-0.05, 0) is 37.3 Å². The number of fused-ring (bicyclic) bond motifs is 3. The Hall–Kier alpha value is -2.81. The minimum Gasteiger partial charge on any atom is -0.363 e. The molecule has 5 rings (SSSR count). The van der Waals surface area contributed by atoms with Crippen LogP contribution in [0, 0.1) is 0 Å². The van der Waals surface area contributed by atoms with Gasteiger partial charge in [0.25, 0.3) is 0 Å². The van der Waals surface area contributed by atoms with Crippen LogP contribution in [0.15, 0.2) is 48.8 Å². The Kier molecular flexibility index (Phi) is 7.18. The molecule has 2 aliphatic heterocycles. The van der Waals surface area contributed by atoms with Crippen LogP contribution in [0.1, 0.15) is 48.2 Å². The van der Waals surface area contributed by atoms with Crippen LogP contribution in [-0.4, -0.2) is 52.0 Å². The first-order valence-electron chi connectivity index (χ1n) is 12.2. The molecule has 2 N–H and O–H groups in total. The Labute approximate surface area is 204 Å². The van der Waals surface area contributed by atoms with Crippen LogP contribution in [0.25, 0.3) is 10.2 Å². The van der Waals surface area contributed by atoms with Crippen molar-refractivity contribution in [3.63, 3.8) is 0 Å². The highest BCUT2D eigenvalue weighted by Crippen LogP contribution is 2.38. The van der Waals surface area contributed by atoms with Crippen LogP contribution in [0.2, 0.25) is 0 Å². The summed E-state index contributed by atoms with van der Waals surface area (Å²) >= 11 is 1.68. The third-order valence-corrected chi connectivity index (χ3v) is 7.78. The maximum atomic E-state index is 12.8. The fourth-order valence-corrected chi connectivity index (χ4v) is 5.96. The van der Waals surface area contributed by atoms with Gasteiger partial charge < -0.3 is 10.2 Å². The molecule has 0 aliphatic carbocycles. The van der Waals surface area contributed by atoms with Gasteiger partial charge in [-0.25, -0.2) is 15.0 Å². The van der Waals surface area contributed by atoms with Gasteiger partial charge in [-0.3, -0.25) is 10.2 Å². The van der Waals surface area contributed by atoms with Crippen molar-refractivity contribution >= 4 is 33.3 Å². The summed E-state index contributed by atoms with van der Waals surface area (Å²) in [5.74, 6) is 0.952. The van der Waals surface area contributed by atoms with E-state index in [2.05, 4.69) is 56.9 Å². The Balaban J connectivity index is 1.25. The molecule has 3 aromatic rings. The second-order valence-electron chi connectivity index (χ2n) is 9.01. The number of benzene rings is 1. The second kappa shape index (κ2) is 10.6. The number of rotatable bonds is 7. The zero-order chi connectivity index (χ0) is 23.3. The lowest BCUT2D eigenvalue weighted by molar-refractivity contribution is -0.126. The quantitative estimate of drug-likeness (QED) is 0.496. The number of hydrogen-bond acceptors (Lipinski definition) is 7. The Morgan fingerprint density at radius 3 is 2.79 bits per heavy atom. The molecule has 1 saturated heterocycles. The van der Waals surface area contributed by atoms with Gasteiger partial charge in [-0.15, -0.1) is 11.3 Å². The SMILES string of the molecule is C[C@@H](Nc1ncnc2sc3c(c12)CCN(C(=O)/C=C/CNN1CCCCC1)C3)c1ccccc1. The Morgan fingerprint density at radius 1 is 1.15 bits per heavy atom. The van der Waals surface area contributed by atoms with E-state index in [1.54, 1.807) is 23.7 Å². The average Bonchev–Trinajstić information content (AvgIpc) is 3.26. The standard InChI is InChI=1S/C26H32N6OS/c1-19(20-9-4-2-5-10-20)30-25-24-21-12-16-31(17-22(21)34-26(24)28-18-27-25)23(33)11-8-13-29-32-14-6-3-7-15-32/h2,4-5,8-11,18-19,29H,3,6-7,12-17H2,1H3,(H,27,28,30)/b11-8+/t19-/m1/s1. The number of nitrogens with one attached hydrogen (secondary N) is 2. The summed E-state index contributed by atoms with van der Waals surface area (Å²) in [6.45, 7) is 6.36. The molecule has 7 nitrogen and oxygen atoms in total. The molecule has 1 aromatic carbocycles. The molecule has 34 heavy (non-hydrogen) atoms. The molecule has 0 spiro atoms. The number of hydrazine groups is 1. The minimum atomic E-state index is 0.0747. The van der Waals surface area contributed by atoms with Gasteiger partial charge in [0.15, 0.2) is 0 Å². The number of hydrogen-bond donors (Lipinski definition) is 2. The van der Waals surface area contributed by atoms with Crippen molar-refractivity contribution in [2.75, 3.05) is 31.5 Å². The zero-order valence-electron chi connectivity index (χ0n) is 19.7. The summed E-state index contributed by atoms with van der Waals surface area (Å²) in [5, 5.41) is 6.95. The average molecular weight is 477 g/mol. The van der Waals surface area contributed by atoms with Crippen molar-refractivity contribution in [1.82, 2.24) is 25.3 Å². The van der Waals surface area contributed by atoms with Gasteiger partial charge in [0.1, 0.15) is 17.0 Å². The van der Waals surface area contributed by atoms with E-state index in [4.69, 9.17) is 0 Å². The van der Waals surface area contributed by atoms with E-state index in [1.807, 2.05) is 17.0 Å². The van der Waals surface area contributed by atoms with E-state index in [-0.39, 0.29) is 11.9 Å². The topological polar surface area (TPSA) is 73.4 Å². The lowest BCUT2D eigenvalue weighted by Gasteiger charge is -2.27. The molecule has 1 atom stereocenters. The fraction of sp³-hybridized carbons (Fsp3) is 0.423. The number of aromatic nitrogens is 2. The lowest BCUT2D eigenvalue weighted by atomic mass is 10.0. The molecule has 1 amide bonds. The molecule has 0 unspecified atom stereocenters. The van der Waals surface area contributed by atoms with Crippen molar-refractivity contribution in [2.45, 2.75) is 45.2 Å².